The van der Waals surface area contributed by atoms with Crippen LogP contribution >= 0.6 is 23.2 Å². The van der Waals surface area contributed by atoms with E-state index in [4.69, 9.17) is 27.9 Å². The minimum Gasteiger partial charge on any atom is -0.387 e. The Labute approximate surface area is 134 Å². The summed E-state index contributed by atoms with van der Waals surface area (Å²) in [5, 5.41) is 13.6. The van der Waals surface area contributed by atoms with Crippen molar-refractivity contribution in [3.05, 3.63) is 33.8 Å². The van der Waals surface area contributed by atoms with Crippen molar-refractivity contribution in [1.29, 1.82) is 0 Å². The zero-order chi connectivity index (χ0) is 15.4. The van der Waals surface area contributed by atoms with Gasteiger partial charge in [-0.25, -0.2) is 0 Å². The summed E-state index contributed by atoms with van der Waals surface area (Å²) in [6, 6.07) is 4.83. The van der Waals surface area contributed by atoms with Gasteiger partial charge in [-0.1, -0.05) is 23.2 Å². The molecular formula is C15H19Cl2NO3. The Balaban J connectivity index is 1.78. The van der Waals surface area contributed by atoms with E-state index in [1.54, 1.807) is 25.1 Å². The molecule has 2 rings (SSSR count). The number of rotatable bonds is 7. The molecule has 0 bridgehead atoms. The highest BCUT2D eigenvalue weighted by Gasteiger charge is 2.24. The monoisotopic (exact) mass is 331 g/mol. The lowest BCUT2D eigenvalue weighted by Crippen LogP contribution is -2.37. The van der Waals surface area contributed by atoms with Gasteiger partial charge < -0.3 is 15.2 Å². The number of hydrogen-bond acceptors (Lipinski definition) is 3. The Kier molecular flexibility index (Phi) is 5.88. The number of amides is 1. The lowest BCUT2D eigenvalue weighted by atomic mass is 10.1. The first kappa shape index (κ1) is 16.6. The van der Waals surface area contributed by atoms with Gasteiger partial charge >= 0.3 is 0 Å². The molecule has 1 aromatic carbocycles. The van der Waals surface area contributed by atoms with Crippen molar-refractivity contribution < 1.29 is 14.6 Å². The number of benzene rings is 1. The molecule has 0 radical (unpaired) electrons. The lowest BCUT2D eigenvalue weighted by Gasteiger charge is -2.16. The summed E-state index contributed by atoms with van der Waals surface area (Å²) in [4.78, 5) is 11.8. The molecule has 1 amide bonds. The van der Waals surface area contributed by atoms with Crippen LogP contribution in [0.4, 0.5) is 0 Å². The van der Waals surface area contributed by atoms with Crippen molar-refractivity contribution in [3.8, 4) is 0 Å². The Morgan fingerprint density at radius 3 is 2.57 bits per heavy atom. The molecule has 1 saturated carbocycles. The van der Waals surface area contributed by atoms with Crippen LogP contribution in [0, 0.1) is 5.92 Å². The van der Waals surface area contributed by atoms with Crippen LogP contribution in [-0.4, -0.2) is 30.3 Å². The van der Waals surface area contributed by atoms with Crippen molar-refractivity contribution in [1.82, 2.24) is 5.32 Å². The van der Waals surface area contributed by atoms with E-state index in [-0.39, 0.29) is 12.5 Å². The first-order valence-electron chi connectivity index (χ1n) is 6.99. The summed E-state index contributed by atoms with van der Waals surface area (Å²) in [6.07, 6.45) is 0.993. The van der Waals surface area contributed by atoms with Crippen LogP contribution in [0.3, 0.4) is 0 Å². The minimum atomic E-state index is -0.860. The predicted molar refractivity (Wildman–Crippen MR) is 82.6 cm³/mol. The van der Waals surface area contributed by atoms with Gasteiger partial charge in [0, 0.05) is 16.6 Å². The molecular weight excluding hydrogens is 313 g/mol. The van der Waals surface area contributed by atoms with Gasteiger partial charge in [0.15, 0.2) is 0 Å². The molecule has 2 N–H and O–H groups in total. The SMILES string of the molecule is C[C@H](OCC1CC1)C(=O)NC[C@H](O)c1cc(Cl)cc(Cl)c1. The topological polar surface area (TPSA) is 58.6 Å². The van der Waals surface area contributed by atoms with E-state index in [1.807, 2.05) is 0 Å². The van der Waals surface area contributed by atoms with E-state index in [0.717, 1.165) is 0 Å². The van der Waals surface area contributed by atoms with Gasteiger partial charge in [-0.2, -0.15) is 0 Å². The Bertz CT molecular complexity index is 485. The van der Waals surface area contributed by atoms with Gasteiger partial charge in [0.2, 0.25) is 5.91 Å². The molecule has 0 spiro atoms. The van der Waals surface area contributed by atoms with Gasteiger partial charge in [-0.3, -0.25) is 4.79 Å². The quantitative estimate of drug-likeness (QED) is 0.807. The highest BCUT2D eigenvalue weighted by atomic mass is 35.5. The largest absolute Gasteiger partial charge is 0.387 e. The highest BCUT2D eigenvalue weighted by molar-refractivity contribution is 6.34. The maximum atomic E-state index is 11.8. The number of halogens is 2. The van der Waals surface area contributed by atoms with Crippen LogP contribution in [0.2, 0.25) is 10.0 Å². The van der Waals surface area contributed by atoms with Crippen LogP contribution in [0.25, 0.3) is 0 Å². The molecule has 0 heterocycles. The third kappa shape index (κ3) is 5.47. The standard InChI is InChI=1S/C15H19Cl2NO3/c1-9(21-8-10-2-3-10)15(20)18-7-14(19)11-4-12(16)6-13(17)5-11/h4-6,9-10,14,19H,2-3,7-8H2,1H3,(H,18,20)/t9-,14-/m0/s1. The van der Waals surface area contributed by atoms with Gasteiger partial charge in [0.25, 0.3) is 0 Å². The number of nitrogens with one attached hydrogen (secondary N) is 1. The zero-order valence-electron chi connectivity index (χ0n) is 11.8. The fraction of sp³-hybridized carbons (Fsp3) is 0.533. The summed E-state index contributed by atoms with van der Waals surface area (Å²) >= 11 is 11.8. The molecule has 21 heavy (non-hydrogen) atoms. The minimum absolute atomic E-state index is 0.0899. The Hall–Kier alpha value is -0.810. The van der Waals surface area contributed by atoms with Crippen molar-refractivity contribution in [2.45, 2.75) is 32.0 Å². The van der Waals surface area contributed by atoms with Gasteiger partial charge in [-0.05, 0) is 49.4 Å². The molecule has 0 saturated heterocycles. The van der Waals surface area contributed by atoms with Crippen molar-refractivity contribution in [2.75, 3.05) is 13.2 Å². The van der Waals surface area contributed by atoms with E-state index in [9.17, 15) is 9.90 Å². The van der Waals surface area contributed by atoms with Gasteiger partial charge in [0.05, 0.1) is 12.7 Å². The molecule has 1 aliphatic rings. The van der Waals surface area contributed by atoms with E-state index >= 15 is 0 Å². The van der Waals surface area contributed by atoms with Crippen LogP contribution in [0.1, 0.15) is 31.4 Å². The zero-order valence-corrected chi connectivity index (χ0v) is 13.3. The molecule has 0 unspecified atom stereocenters. The van der Waals surface area contributed by atoms with Crippen LogP contribution in [0.5, 0.6) is 0 Å². The molecule has 1 fully saturated rings. The first-order chi connectivity index (χ1) is 9.95. The molecule has 2 atom stereocenters. The molecule has 6 heteroatoms. The average molecular weight is 332 g/mol. The maximum Gasteiger partial charge on any atom is 0.248 e. The number of aliphatic hydroxyl groups is 1. The van der Waals surface area contributed by atoms with Crippen molar-refractivity contribution in [3.63, 3.8) is 0 Å². The molecule has 116 valence electrons. The van der Waals surface area contributed by atoms with E-state index < -0.39 is 12.2 Å². The smallest absolute Gasteiger partial charge is 0.248 e. The number of carbonyl (C=O) groups excluding carboxylic acids is 1. The summed E-state index contributed by atoms with van der Waals surface area (Å²) in [5.74, 6) is 0.377. The number of carbonyl (C=O) groups is 1. The van der Waals surface area contributed by atoms with E-state index in [1.165, 1.54) is 12.8 Å². The normalized spacial score (nSPS) is 17.3. The summed E-state index contributed by atoms with van der Waals surface area (Å²) in [6.45, 7) is 2.42. The second kappa shape index (κ2) is 7.45. The molecule has 1 aromatic rings. The van der Waals surface area contributed by atoms with Gasteiger partial charge in [-0.15, -0.1) is 0 Å². The van der Waals surface area contributed by atoms with E-state index in [0.29, 0.717) is 28.1 Å². The molecule has 0 aromatic heterocycles. The number of hydrogen-bond donors (Lipinski definition) is 2. The molecule has 4 nitrogen and oxygen atoms in total. The second-order valence-corrected chi connectivity index (χ2v) is 6.26. The van der Waals surface area contributed by atoms with Crippen LogP contribution < -0.4 is 5.32 Å². The molecule has 1 aliphatic carbocycles. The first-order valence-corrected chi connectivity index (χ1v) is 7.74. The predicted octanol–water partition coefficient (Wildman–Crippen LogP) is 2.96. The summed E-state index contributed by atoms with van der Waals surface area (Å²) in [5.41, 5.74) is 0.569. The molecule has 0 aliphatic heterocycles. The number of aliphatic hydroxyl groups excluding tert-OH is 1. The lowest BCUT2D eigenvalue weighted by molar-refractivity contribution is -0.132. The second-order valence-electron chi connectivity index (χ2n) is 5.38. The summed E-state index contributed by atoms with van der Waals surface area (Å²) in [7, 11) is 0. The third-order valence-corrected chi connectivity index (χ3v) is 3.82. The average Bonchev–Trinajstić information content (AvgIpc) is 3.24. The fourth-order valence-corrected chi connectivity index (χ4v) is 2.41. The maximum absolute atomic E-state index is 11.8. The van der Waals surface area contributed by atoms with Gasteiger partial charge in [0.1, 0.15) is 6.10 Å². The highest BCUT2D eigenvalue weighted by Crippen LogP contribution is 2.29. The fourth-order valence-electron chi connectivity index (χ4n) is 1.87. The van der Waals surface area contributed by atoms with Crippen molar-refractivity contribution >= 4 is 29.1 Å². The van der Waals surface area contributed by atoms with E-state index in [2.05, 4.69) is 5.32 Å². The van der Waals surface area contributed by atoms with Crippen LogP contribution in [0.15, 0.2) is 18.2 Å². The van der Waals surface area contributed by atoms with Crippen molar-refractivity contribution in [2.24, 2.45) is 5.92 Å². The number of ether oxygens (including phenoxy) is 1. The third-order valence-electron chi connectivity index (χ3n) is 3.39. The Morgan fingerprint density at radius 2 is 2.00 bits per heavy atom. The van der Waals surface area contributed by atoms with Crippen LogP contribution in [-0.2, 0) is 9.53 Å². The summed E-state index contributed by atoms with van der Waals surface area (Å²) < 4.78 is 5.47. The Morgan fingerprint density at radius 1 is 1.38 bits per heavy atom.